The number of hydrogen-bond acceptors (Lipinski definition) is 4. The second kappa shape index (κ2) is 5.24. The molecule has 0 aliphatic carbocycles. The molecule has 2 aliphatic rings. The fourth-order valence-corrected chi connectivity index (χ4v) is 3.17. The largest absolute Gasteiger partial charge is 0.506 e. The van der Waals surface area contributed by atoms with Gasteiger partial charge in [-0.25, -0.2) is 0 Å². The monoisotopic (exact) mass is 247 g/mol. The highest BCUT2D eigenvalue weighted by molar-refractivity contribution is 5.17. The van der Waals surface area contributed by atoms with Gasteiger partial charge in [0.25, 0.3) is 0 Å². The Hall–Kier alpha value is -1.13. The van der Waals surface area contributed by atoms with Crippen LogP contribution in [-0.4, -0.2) is 52.1 Å². The van der Waals surface area contributed by atoms with Crippen molar-refractivity contribution < 1.29 is 5.11 Å². The lowest BCUT2D eigenvalue weighted by atomic mass is 10.2. The summed E-state index contributed by atoms with van der Waals surface area (Å²) in [5.41, 5.74) is 1.05. The summed E-state index contributed by atoms with van der Waals surface area (Å²) in [5.74, 6) is 0.247. The lowest BCUT2D eigenvalue weighted by Gasteiger charge is -2.25. The van der Waals surface area contributed by atoms with Gasteiger partial charge in [-0.05, 0) is 51.0 Å². The molecule has 2 fully saturated rings. The topological polar surface area (TPSA) is 39.6 Å². The number of rotatable bonds is 2. The molecule has 0 bridgehead atoms. The predicted octanol–water partition coefficient (Wildman–Crippen LogP) is 1.46. The maximum atomic E-state index is 9.25. The van der Waals surface area contributed by atoms with Crippen molar-refractivity contribution >= 4 is 0 Å². The molecule has 4 heteroatoms. The van der Waals surface area contributed by atoms with Gasteiger partial charge in [-0.2, -0.15) is 0 Å². The summed E-state index contributed by atoms with van der Waals surface area (Å²) in [7, 11) is 0. The minimum absolute atomic E-state index is 0.247. The quantitative estimate of drug-likeness (QED) is 0.859. The molecule has 0 aromatic carbocycles. The van der Waals surface area contributed by atoms with E-state index in [0.717, 1.165) is 24.8 Å². The molecule has 18 heavy (non-hydrogen) atoms. The minimum Gasteiger partial charge on any atom is -0.506 e. The van der Waals surface area contributed by atoms with Gasteiger partial charge in [-0.15, -0.1) is 0 Å². The van der Waals surface area contributed by atoms with Crippen LogP contribution < -0.4 is 0 Å². The Labute approximate surface area is 108 Å². The first-order chi connectivity index (χ1) is 8.81. The van der Waals surface area contributed by atoms with Crippen molar-refractivity contribution in [2.75, 3.05) is 26.2 Å². The average molecular weight is 247 g/mol. The molecule has 1 atom stereocenters. The van der Waals surface area contributed by atoms with Crippen molar-refractivity contribution in [3.8, 4) is 5.75 Å². The highest BCUT2D eigenvalue weighted by Gasteiger charge is 2.28. The Balaban J connectivity index is 1.63. The highest BCUT2D eigenvalue weighted by Crippen LogP contribution is 2.22. The van der Waals surface area contributed by atoms with Gasteiger partial charge in [0, 0.05) is 19.1 Å². The normalized spacial score (nSPS) is 25.9. The second-order valence-electron chi connectivity index (χ2n) is 5.43. The van der Waals surface area contributed by atoms with E-state index in [1.54, 1.807) is 6.07 Å². The third kappa shape index (κ3) is 2.65. The molecular weight excluding hydrogens is 226 g/mol. The summed E-state index contributed by atoms with van der Waals surface area (Å²) in [6.07, 6.45) is 5.50. The van der Waals surface area contributed by atoms with Gasteiger partial charge in [0.15, 0.2) is 0 Å². The molecule has 3 rings (SSSR count). The maximum Gasteiger partial charge on any atom is 0.133 e. The van der Waals surface area contributed by atoms with Crippen LogP contribution in [0.3, 0.4) is 0 Å². The SMILES string of the molecule is Oc1ccc(CN2CCCN3CCCC3C2)nc1. The summed E-state index contributed by atoms with van der Waals surface area (Å²) >= 11 is 0. The van der Waals surface area contributed by atoms with Crippen LogP contribution in [0.15, 0.2) is 18.3 Å². The zero-order valence-corrected chi connectivity index (χ0v) is 10.8. The molecule has 3 heterocycles. The number of pyridine rings is 1. The van der Waals surface area contributed by atoms with E-state index < -0.39 is 0 Å². The van der Waals surface area contributed by atoms with Gasteiger partial charge in [-0.3, -0.25) is 14.8 Å². The van der Waals surface area contributed by atoms with Gasteiger partial charge < -0.3 is 5.11 Å². The number of aromatic nitrogens is 1. The van der Waals surface area contributed by atoms with Gasteiger partial charge in [0.1, 0.15) is 5.75 Å². The van der Waals surface area contributed by atoms with Crippen LogP contribution >= 0.6 is 0 Å². The Morgan fingerprint density at radius 2 is 2.11 bits per heavy atom. The third-order valence-corrected chi connectivity index (χ3v) is 4.08. The van der Waals surface area contributed by atoms with Gasteiger partial charge in [-0.1, -0.05) is 0 Å². The maximum absolute atomic E-state index is 9.25. The van der Waals surface area contributed by atoms with Crippen LogP contribution in [0.5, 0.6) is 5.75 Å². The zero-order valence-electron chi connectivity index (χ0n) is 10.8. The minimum atomic E-state index is 0.247. The van der Waals surface area contributed by atoms with Crippen LogP contribution in [-0.2, 0) is 6.54 Å². The molecule has 0 spiro atoms. The van der Waals surface area contributed by atoms with E-state index in [2.05, 4.69) is 14.8 Å². The van der Waals surface area contributed by atoms with E-state index >= 15 is 0 Å². The average Bonchev–Trinajstić information content (AvgIpc) is 2.71. The molecule has 0 saturated carbocycles. The molecule has 1 unspecified atom stereocenters. The Kier molecular flexibility index (Phi) is 3.48. The fraction of sp³-hybridized carbons (Fsp3) is 0.643. The summed E-state index contributed by atoms with van der Waals surface area (Å²) in [6.45, 7) is 5.78. The molecular formula is C14H21N3O. The number of nitrogens with zero attached hydrogens (tertiary/aromatic N) is 3. The lowest BCUT2D eigenvalue weighted by Crippen LogP contribution is -2.36. The van der Waals surface area contributed by atoms with Crippen LogP contribution in [0, 0.1) is 0 Å². The first kappa shape index (κ1) is 11.9. The molecule has 1 aromatic rings. The van der Waals surface area contributed by atoms with Gasteiger partial charge in [0.2, 0.25) is 0 Å². The number of hydrogen-bond donors (Lipinski definition) is 1. The zero-order chi connectivity index (χ0) is 12.4. The second-order valence-corrected chi connectivity index (χ2v) is 5.43. The predicted molar refractivity (Wildman–Crippen MR) is 70.4 cm³/mol. The fourth-order valence-electron chi connectivity index (χ4n) is 3.17. The molecule has 2 aliphatic heterocycles. The van der Waals surface area contributed by atoms with Crippen LogP contribution in [0.25, 0.3) is 0 Å². The molecule has 2 saturated heterocycles. The van der Waals surface area contributed by atoms with Crippen molar-refractivity contribution in [2.45, 2.75) is 31.8 Å². The van der Waals surface area contributed by atoms with Crippen molar-refractivity contribution in [2.24, 2.45) is 0 Å². The molecule has 1 aromatic heterocycles. The molecule has 4 nitrogen and oxygen atoms in total. The van der Waals surface area contributed by atoms with Gasteiger partial charge >= 0.3 is 0 Å². The number of fused-ring (bicyclic) bond motifs is 1. The Morgan fingerprint density at radius 1 is 1.22 bits per heavy atom. The van der Waals surface area contributed by atoms with Crippen LogP contribution in [0.4, 0.5) is 0 Å². The lowest BCUT2D eigenvalue weighted by molar-refractivity contribution is 0.214. The summed E-state index contributed by atoms with van der Waals surface area (Å²) in [5, 5.41) is 9.25. The summed E-state index contributed by atoms with van der Waals surface area (Å²) in [6, 6.07) is 4.40. The van der Waals surface area contributed by atoms with Crippen molar-refractivity contribution in [3.63, 3.8) is 0 Å². The smallest absolute Gasteiger partial charge is 0.133 e. The summed E-state index contributed by atoms with van der Waals surface area (Å²) in [4.78, 5) is 9.44. The number of aromatic hydroxyl groups is 1. The Morgan fingerprint density at radius 3 is 2.94 bits per heavy atom. The van der Waals surface area contributed by atoms with Crippen LogP contribution in [0.2, 0.25) is 0 Å². The van der Waals surface area contributed by atoms with E-state index in [4.69, 9.17) is 0 Å². The van der Waals surface area contributed by atoms with Crippen molar-refractivity contribution in [3.05, 3.63) is 24.0 Å². The highest BCUT2D eigenvalue weighted by atomic mass is 16.3. The first-order valence-corrected chi connectivity index (χ1v) is 6.91. The molecule has 0 amide bonds. The van der Waals surface area contributed by atoms with E-state index in [9.17, 15) is 5.11 Å². The van der Waals surface area contributed by atoms with Crippen molar-refractivity contribution in [1.29, 1.82) is 0 Å². The van der Waals surface area contributed by atoms with E-state index in [1.165, 1.54) is 45.1 Å². The molecule has 98 valence electrons. The van der Waals surface area contributed by atoms with E-state index in [1.807, 2.05) is 6.07 Å². The standard InChI is InChI=1S/C14H21N3O/c18-14-5-4-12(15-9-14)10-16-6-2-8-17-7-1-3-13(17)11-16/h4-5,9,13,18H,1-3,6-8,10-11H2. The molecule has 1 N–H and O–H groups in total. The summed E-state index contributed by atoms with van der Waals surface area (Å²) < 4.78 is 0. The molecule has 0 radical (unpaired) electrons. The Bertz CT molecular complexity index is 393. The third-order valence-electron chi connectivity index (χ3n) is 4.08. The first-order valence-electron chi connectivity index (χ1n) is 6.91. The van der Waals surface area contributed by atoms with Gasteiger partial charge in [0.05, 0.1) is 11.9 Å². The van der Waals surface area contributed by atoms with Crippen molar-refractivity contribution in [1.82, 2.24) is 14.8 Å². The van der Waals surface area contributed by atoms with Crippen LogP contribution in [0.1, 0.15) is 25.0 Å². The van der Waals surface area contributed by atoms with E-state index in [0.29, 0.717) is 0 Å². The van der Waals surface area contributed by atoms with E-state index in [-0.39, 0.29) is 5.75 Å².